The molecule has 0 radical (unpaired) electrons. The molecule has 0 spiro atoms. The predicted molar refractivity (Wildman–Crippen MR) is 48.9 cm³/mol. The van der Waals surface area contributed by atoms with Crippen molar-refractivity contribution >= 4 is 22.1 Å². The number of hydrogen-bond donors (Lipinski definition) is 1. The molecule has 2 aromatic rings. The summed E-state index contributed by atoms with van der Waals surface area (Å²) in [7, 11) is 1.74. The van der Waals surface area contributed by atoms with E-state index in [1.165, 1.54) is 21.8 Å². The maximum absolute atomic E-state index is 11.3. The number of aromatic nitrogens is 2. The summed E-state index contributed by atoms with van der Waals surface area (Å²) in [5.41, 5.74) is -0.0504. The topological polar surface area (TPSA) is 46.4 Å². The molecule has 0 unspecified atom stereocenters. The van der Waals surface area contributed by atoms with Crippen LogP contribution < -0.4 is 10.9 Å². The van der Waals surface area contributed by atoms with Crippen LogP contribution in [-0.2, 0) is 0 Å². The second-order valence-electron chi connectivity index (χ2n) is 2.29. The van der Waals surface area contributed by atoms with Crippen LogP contribution in [0.4, 0.5) is 5.82 Å². The fourth-order valence-electron chi connectivity index (χ4n) is 0.971. The highest BCUT2D eigenvalue weighted by molar-refractivity contribution is 7.15. The standard InChI is InChI=1S/C7H7N3OS/c1-8-5-4-6(11)10-2-3-12-7(10)9-5/h2-4,8H,1H3. The Morgan fingerprint density at radius 1 is 1.67 bits per heavy atom. The minimum Gasteiger partial charge on any atom is -0.373 e. The fraction of sp³-hybridized carbons (Fsp3) is 0.143. The third kappa shape index (κ3) is 0.984. The minimum absolute atomic E-state index is 0.0504. The van der Waals surface area contributed by atoms with Gasteiger partial charge < -0.3 is 5.32 Å². The van der Waals surface area contributed by atoms with Gasteiger partial charge in [0.1, 0.15) is 5.82 Å². The molecule has 0 aromatic carbocycles. The Kier molecular flexibility index (Phi) is 1.58. The Hall–Kier alpha value is -1.36. The summed E-state index contributed by atoms with van der Waals surface area (Å²) >= 11 is 1.44. The van der Waals surface area contributed by atoms with Gasteiger partial charge in [0.2, 0.25) is 0 Å². The molecular formula is C7H7N3OS. The fourth-order valence-corrected chi connectivity index (χ4v) is 1.69. The van der Waals surface area contributed by atoms with E-state index < -0.39 is 0 Å². The van der Waals surface area contributed by atoms with Crippen molar-refractivity contribution in [2.75, 3.05) is 12.4 Å². The van der Waals surface area contributed by atoms with Gasteiger partial charge in [-0.3, -0.25) is 9.20 Å². The molecule has 12 heavy (non-hydrogen) atoms. The van der Waals surface area contributed by atoms with E-state index in [0.29, 0.717) is 10.8 Å². The van der Waals surface area contributed by atoms with Crippen LogP contribution in [0.25, 0.3) is 4.96 Å². The molecule has 0 aliphatic carbocycles. The predicted octanol–water partition coefficient (Wildman–Crippen LogP) is 0.798. The van der Waals surface area contributed by atoms with E-state index >= 15 is 0 Å². The third-order valence-corrected chi connectivity index (χ3v) is 2.32. The highest BCUT2D eigenvalue weighted by Gasteiger charge is 1.99. The Bertz CT molecular complexity index is 459. The van der Waals surface area contributed by atoms with Crippen molar-refractivity contribution in [3.63, 3.8) is 0 Å². The zero-order valence-corrected chi connectivity index (χ0v) is 7.26. The molecule has 5 heteroatoms. The molecule has 62 valence electrons. The first-order valence-electron chi connectivity index (χ1n) is 3.46. The molecular weight excluding hydrogens is 174 g/mol. The van der Waals surface area contributed by atoms with Gasteiger partial charge in [-0.15, -0.1) is 11.3 Å². The molecule has 2 heterocycles. The summed E-state index contributed by atoms with van der Waals surface area (Å²) in [5.74, 6) is 0.613. The summed E-state index contributed by atoms with van der Waals surface area (Å²) in [6.07, 6.45) is 1.72. The smallest absolute Gasteiger partial charge is 0.260 e. The zero-order chi connectivity index (χ0) is 8.55. The number of rotatable bonds is 1. The van der Waals surface area contributed by atoms with Crippen molar-refractivity contribution in [3.05, 3.63) is 28.0 Å². The summed E-state index contributed by atoms with van der Waals surface area (Å²) in [5, 5.41) is 4.67. The number of hydrogen-bond acceptors (Lipinski definition) is 4. The first-order valence-corrected chi connectivity index (χ1v) is 4.34. The molecule has 0 saturated heterocycles. The third-order valence-electron chi connectivity index (χ3n) is 1.56. The lowest BCUT2D eigenvalue weighted by molar-refractivity contribution is 1.08. The van der Waals surface area contributed by atoms with E-state index in [2.05, 4.69) is 10.3 Å². The van der Waals surface area contributed by atoms with E-state index in [-0.39, 0.29) is 5.56 Å². The normalized spacial score (nSPS) is 10.4. The van der Waals surface area contributed by atoms with Crippen LogP contribution >= 0.6 is 11.3 Å². The Labute approximate surface area is 72.5 Å². The lowest BCUT2D eigenvalue weighted by atomic mass is 10.6. The van der Waals surface area contributed by atoms with Gasteiger partial charge in [-0.1, -0.05) is 0 Å². The van der Waals surface area contributed by atoms with Crippen molar-refractivity contribution in [2.24, 2.45) is 0 Å². The van der Waals surface area contributed by atoms with Gasteiger partial charge >= 0.3 is 0 Å². The molecule has 0 aliphatic rings. The molecule has 0 aliphatic heterocycles. The van der Waals surface area contributed by atoms with Gasteiger partial charge in [0.25, 0.3) is 5.56 Å². The van der Waals surface area contributed by atoms with E-state index in [1.807, 2.05) is 5.38 Å². The largest absolute Gasteiger partial charge is 0.373 e. The van der Waals surface area contributed by atoms with Crippen LogP contribution in [0.5, 0.6) is 0 Å². The Morgan fingerprint density at radius 2 is 2.50 bits per heavy atom. The van der Waals surface area contributed by atoms with E-state index in [0.717, 1.165) is 0 Å². The van der Waals surface area contributed by atoms with Crippen LogP contribution in [0.3, 0.4) is 0 Å². The summed E-state index contributed by atoms with van der Waals surface area (Å²) in [6.45, 7) is 0. The molecule has 0 amide bonds. The Morgan fingerprint density at radius 3 is 3.25 bits per heavy atom. The highest BCUT2D eigenvalue weighted by atomic mass is 32.1. The first-order chi connectivity index (χ1) is 5.81. The minimum atomic E-state index is -0.0504. The van der Waals surface area contributed by atoms with Crippen molar-refractivity contribution in [1.29, 1.82) is 0 Å². The molecule has 2 aromatic heterocycles. The molecule has 0 saturated carbocycles. The average Bonchev–Trinajstić information content (AvgIpc) is 2.52. The van der Waals surface area contributed by atoms with Crippen molar-refractivity contribution in [3.8, 4) is 0 Å². The van der Waals surface area contributed by atoms with Gasteiger partial charge in [-0.05, 0) is 0 Å². The number of nitrogens with zero attached hydrogens (tertiary/aromatic N) is 2. The molecule has 0 atom stereocenters. The lowest BCUT2D eigenvalue weighted by Gasteiger charge is -1.97. The quantitative estimate of drug-likeness (QED) is 0.707. The SMILES string of the molecule is CNc1cc(=O)n2ccsc2n1. The first kappa shape index (κ1) is 7.30. The monoisotopic (exact) mass is 181 g/mol. The summed E-state index contributed by atoms with van der Waals surface area (Å²) in [4.78, 5) is 16.2. The highest BCUT2D eigenvalue weighted by Crippen LogP contribution is 2.08. The van der Waals surface area contributed by atoms with Crippen LogP contribution in [0.15, 0.2) is 22.4 Å². The number of thiazole rings is 1. The number of fused-ring (bicyclic) bond motifs is 1. The lowest BCUT2D eigenvalue weighted by Crippen LogP contribution is -2.12. The van der Waals surface area contributed by atoms with E-state index in [9.17, 15) is 4.79 Å². The molecule has 0 fully saturated rings. The molecule has 2 rings (SSSR count). The molecule has 1 N–H and O–H groups in total. The zero-order valence-electron chi connectivity index (χ0n) is 6.44. The maximum Gasteiger partial charge on any atom is 0.260 e. The Balaban J connectivity index is 2.84. The number of anilines is 1. The summed E-state index contributed by atoms with van der Waals surface area (Å²) in [6, 6.07) is 1.47. The van der Waals surface area contributed by atoms with Crippen LogP contribution in [0.2, 0.25) is 0 Å². The molecule has 4 nitrogen and oxygen atoms in total. The van der Waals surface area contributed by atoms with Gasteiger partial charge in [-0.25, -0.2) is 4.98 Å². The average molecular weight is 181 g/mol. The second-order valence-corrected chi connectivity index (χ2v) is 3.16. The van der Waals surface area contributed by atoms with Gasteiger partial charge in [-0.2, -0.15) is 0 Å². The van der Waals surface area contributed by atoms with Crippen LogP contribution in [-0.4, -0.2) is 16.4 Å². The summed E-state index contributed by atoms with van der Waals surface area (Å²) < 4.78 is 1.52. The second kappa shape index (κ2) is 2.60. The van der Waals surface area contributed by atoms with Crippen molar-refractivity contribution < 1.29 is 0 Å². The molecule has 0 bridgehead atoms. The van der Waals surface area contributed by atoms with Crippen LogP contribution in [0.1, 0.15) is 0 Å². The van der Waals surface area contributed by atoms with Crippen molar-refractivity contribution in [1.82, 2.24) is 9.38 Å². The number of nitrogens with one attached hydrogen (secondary N) is 1. The maximum atomic E-state index is 11.3. The van der Waals surface area contributed by atoms with Crippen molar-refractivity contribution in [2.45, 2.75) is 0 Å². The van der Waals surface area contributed by atoms with Gasteiger partial charge in [0.05, 0.1) is 0 Å². The van der Waals surface area contributed by atoms with Crippen LogP contribution in [0, 0.1) is 0 Å². The van der Waals surface area contributed by atoms with E-state index in [1.54, 1.807) is 13.2 Å². The van der Waals surface area contributed by atoms with Gasteiger partial charge in [0, 0.05) is 24.7 Å². The van der Waals surface area contributed by atoms with E-state index in [4.69, 9.17) is 0 Å². The van der Waals surface area contributed by atoms with Gasteiger partial charge in [0.15, 0.2) is 4.96 Å².